The summed E-state index contributed by atoms with van der Waals surface area (Å²) in [6, 6.07) is 0. The van der Waals surface area contributed by atoms with Gasteiger partial charge in [0.05, 0.1) is 0 Å². The summed E-state index contributed by atoms with van der Waals surface area (Å²) in [5.41, 5.74) is 6.79. The fraction of sp³-hybridized carbons (Fsp3) is 1.00. The summed E-state index contributed by atoms with van der Waals surface area (Å²) in [6.45, 7) is 2.37. The van der Waals surface area contributed by atoms with Crippen molar-refractivity contribution in [2.75, 3.05) is 0 Å². The van der Waals surface area contributed by atoms with Gasteiger partial charge in [0.2, 0.25) is 0 Å². The summed E-state index contributed by atoms with van der Waals surface area (Å²) in [6.07, 6.45) is 11.0. The summed E-state index contributed by atoms with van der Waals surface area (Å²) in [5.74, 6) is 1.73. The lowest BCUT2D eigenvalue weighted by Gasteiger charge is -2.41. The van der Waals surface area contributed by atoms with E-state index in [0.717, 1.165) is 11.8 Å². The van der Waals surface area contributed by atoms with Crippen LogP contribution in [-0.4, -0.2) is 5.54 Å². The van der Waals surface area contributed by atoms with Crippen molar-refractivity contribution in [3.8, 4) is 0 Å². The van der Waals surface area contributed by atoms with Gasteiger partial charge in [0.25, 0.3) is 0 Å². The lowest BCUT2D eigenvalue weighted by atomic mass is 9.69. The van der Waals surface area contributed by atoms with Gasteiger partial charge in [-0.3, -0.25) is 0 Å². The molecule has 2 unspecified atom stereocenters. The first-order valence-electron chi connectivity index (χ1n) is 5.99. The summed E-state index contributed by atoms with van der Waals surface area (Å²) in [4.78, 5) is 0. The van der Waals surface area contributed by atoms with Crippen LogP contribution >= 0.6 is 0 Å². The second kappa shape index (κ2) is 3.61. The van der Waals surface area contributed by atoms with E-state index in [-0.39, 0.29) is 5.54 Å². The average molecular weight is 181 g/mol. The molecule has 0 aromatic heterocycles. The standard InChI is InChI=1S/C12H23N/c1-10-5-4-8-12(13,9-10)11-6-2-3-7-11/h10-11H,2-9,13H2,1H3. The molecular weight excluding hydrogens is 158 g/mol. The average Bonchev–Trinajstić information content (AvgIpc) is 2.55. The molecule has 0 aromatic carbocycles. The zero-order valence-electron chi connectivity index (χ0n) is 8.89. The summed E-state index contributed by atoms with van der Waals surface area (Å²) in [7, 11) is 0. The SMILES string of the molecule is CC1CCCC(N)(C2CCCC2)C1. The predicted octanol–water partition coefficient (Wildman–Crippen LogP) is 3.08. The van der Waals surface area contributed by atoms with Crippen molar-refractivity contribution in [3.63, 3.8) is 0 Å². The van der Waals surface area contributed by atoms with Crippen LogP contribution in [0.1, 0.15) is 58.3 Å². The minimum atomic E-state index is 0.230. The molecule has 0 aliphatic heterocycles. The second-order valence-corrected chi connectivity index (χ2v) is 5.42. The van der Waals surface area contributed by atoms with Crippen LogP contribution in [0.4, 0.5) is 0 Å². The first-order chi connectivity index (χ1) is 6.21. The minimum Gasteiger partial charge on any atom is -0.325 e. The first kappa shape index (κ1) is 9.51. The molecule has 0 spiro atoms. The monoisotopic (exact) mass is 181 g/mol. The number of hydrogen-bond acceptors (Lipinski definition) is 1. The van der Waals surface area contributed by atoms with E-state index >= 15 is 0 Å². The van der Waals surface area contributed by atoms with E-state index in [0.29, 0.717) is 0 Å². The lowest BCUT2D eigenvalue weighted by molar-refractivity contribution is 0.162. The number of hydrogen-bond donors (Lipinski definition) is 1. The van der Waals surface area contributed by atoms with Crippen molar-refractivity contribution >= 4 is 0 Å². The van der Waals surface area contributed by atoms with Crippen molar-refractivity contribution in [3.05, 3.63) is 0 Å². The van der Waals surface area contributed by atoms with Crippen molar-refractivity contribution in [1.29, 1.82) is 0 Å². The van der Waals surface area contributed by atoms with Crippen LogP contribution < -0.4 is 5.73 Å². The zero-order chi connectivity index (χ0) is 9.31. The van der Waals surface area contributed by atoms with E-state index < -0.39 is 0 Å². The molecule has 76 valence electrons. The van der Waals surface area contributed by atoms with Gasteiger partial charge in [0.15, 0.2) is 0 Å². The van der Waals surface area contributed by atoms with Gasteiger partial charge in [0.1, 0.15) is 0 Å². The largest absolute Gasteiger partial charge is 0.325 e. The van der Waals surface area contributed by atoms with E-state index in [1.54, 1.807) is 0 Å². The number of nitrogens with two attached hydrogens (primary N) is 1. The molecule has 2 saturated carbocycles. The van der Waals surface area contributed by atoms with Crippen LogP contribution in [0.3, 0.4) is 0 Å². The summed E-state index contributed by atoms with van der Waals surface area (Å²) in [5, 5.41) is 0. The van der Waals surface area contributed by atoms with Gasteiger partial charge in [0, 0.05) is 5.54 Å². The highest BCUT2D eigenvalue weighted by Gasteiger charge is 2.39. The van der Waals surface area contributed by atoms with E-state index in [4.69, 9.17) is 5.73 Å². The molecule has 2 aliphatic carbocycles. The fourth-order valence-electron chi connectivity index (χ4n) is 3.50. The molecule has 2 rings (SSSR count). The third kappa shape index (κ3) is 1.90. The topological polar surface area (TPSA) is 26.0 Å². The molecule has 0 saturated heterocycles. The Bertz CT molecular complexity index is 172. The zero-order valence-corrected chi connectivity index (χ0v) is 8.89. The van der Waals surface area contributed by atoms with Gasteiger partial charge < -0.3 is 5.73 Å². The Morgan fingerprint density at radius 3 is 2.38 bits per heavy atom. The lowest BCUT2D eigenvalue weighted by Crippen LogP contribution is -2.49. The van der Waals surface area contributed by atoms with Crippen LogP contribution in [0.25, 0.3) is 0 Å². The molecule has 1 heteroatoms. The predicted molar refractivity (Wildman–Crippen MR) is 56.5 cm³/mol. The van der Waals surface area contributed by atoms with Gasteiger partial charge in [-0.2, -0.15) is 0 Å². The highest BCUT2D eigenvalue weighted by Crippen LogP contribution is 2.42. The maximum atomic E-state index is 6.55. The van der Waals surface area contributed by atoms with Gasteiger partial charge in [-0.1, -0.05) is 32.6 Å². The molecule has 0 aromatic rings. The van der Waals surface area contributed by atoms with Crippen molar-refractivity contribution in [1.82, 2.24) is 0 Å². The number of rotatable bonds is 1. The molecule has 0 heterocycles. The highest BCUT2D eigenvalue weighted by atomic mass is 14.8. The fourth-order valence-corrected chi connectivity index (χ4v) is 3.50. The second-order valence-electron chi connectivity index (χ2n) is 5.42. The highest BCUT2D eigenvalue weighted by molar-refractivity contribution is 4.96. The molecule has 0 radical (unpaired) electrons. The van der Waals surface area contributed by atoms with Crippen LogP contribution in [0.2, 0.25) is 0 Å². The van der Waals surface area contributed by atoms with E-state index in [2.05, 4.69) is 6.92 Å². The van der Waals surface area contributed by atoms with Crippen LogP contribution in [-0.2, 0) is 0 Å². The van der Waals surface area contributed by atoms with Crippen molar-refractivity contribution < 1.29 is 0 Å². The molecular formula is C12H23N. The Hall–Kier alpha value is -0.0400. The summed E-state index contributed by atoms with van der Waals surface area (Å²) < 4.78 is 0. The van der Waals surface area contributed by atoms with Crippen molar-refractivity contribution in [2.24, 2.45) is 17.6 Å². The molecule has 0 amide bonds. The van der Waals surface area contributed by atoms with Crippen molar-refractivity contribution in [2.45, 2.75) is 63.8 Å². The summed E-state index contributed by atoms with van der Waals surface area (Å²) >= 11 is 0. The molecule has 2 atom stereocenters. The molecule has 2 N–H and O–H groups in total. The Kier molecular flexibility index (Phi) is 2.64. The smallest absolute Gasteiger partial charge is 0.0185 e. The third-order valence-corrected chi connectivity index (χ3v) is 4.24. The normalized spacial score (nSPS) is 42.5. The Morgan fingerprint density at radius 2 is 1.77 bits per heavy atom. The maximum absolute atomic E-state index is 6.55. The van der Waals surface area contributed by atoms with Crippen LogP contribution in [0.5, 0.6) is 0 Å². The first-order valence-corrected chi connectivity index (χ1v) is 5.99. The molecule has 0 bridgehead atoms. The van der Waals surface area contributed by atoms with Gasteiger partial charge >= 0.3 is 0 Å². The minimum absolute atomic E-state index is 0.230. The van der Waals surface area contributed by atoms with Gasteiger partial charge in [-0.15, -0.1) is 0 Å². The Labute approximate surface area is 82.1 Å². The third-order valence-electron chi connectivity index (χ3n) is 4.24. The van der Waals surface area contributed by atoms with Crippen LogP contribution in [0.15, 0.2) is 0 Å². The van der Waals surface area contributed by atoms with Gasteiger partial charge in [-0.25, -0.2) is 0 Å². The Morgan fingerprint density at radius 1 is 1.08 bits per heavy atom. The van der Waals surface area contributed by atoms with E-state index in [9.17, 15) is 0 Å². The van der Waals surface area contributed by atoms with E-state index in [1.807, 2.05) is 0 Å². The van der Waals surface area contributed by atoms with Crippen LogP contribution in [0, 0.1) is 11.8 Å². The molecule has 1 nitrogen and oxygen atoms in total. The molecule has 2 aliphatic rings. The van der Waals surface area contributed by atoms with E-state index in [1.165, 1.54) is 51.4 Å². The quantitative estimate of drug-likeness (QED) is 0.661. The van der Waals surface area contributed by atoms with Gasteiger partial charge in [-0.05, 0) is 37.5 Å². The molecule has 13 heavy (non-hydrogen) atoms. The maximum Gasteiger partial charge on any atom is 0.0185 e. The Balaban J connectivity index is 2.00. The molecule has 2 fully saturated rings.